The lowest BCUT2D eigenvalue weighted by Gasteiger charge is -2.35. The Hall–Kier alpha value is -0.570. The van der Waals surface area contributed by atoms with Crippen LogP contribution in [0.25, 0.3) is 0 Å². The molecule has 3 atom stereocenters. The monoisotopic (exact) mass is 225 g/mol. The van der Waals surface area contributed by atoms with Crippen LogP contribution < -0.4 is 0 Å². The summed E-state index contributed by atoms with van der Waals surface area (Å²) in [5.74, 6) is 1.83. The van der Waals surface area contributed by atoms with Crippen molar-refractivity contribution in [3.05, 3.63) is 0 Å². The Morgan fingerprint density at radius 1 is 1.38 bits per heavy atom. The second kappa shape index (κ2) is 4.02. The van der Waals surface area contributed by atoms with Gasteiger partial charge in [-0.1, -0.05) is 6.42 Å². The minimum Gasteiger partial charge on any atom is -0.480 e. The van der Waals surface area contributed by atoms with Crippen molar-refractivity contribution >= 4 is 5.97 Å². The van der Waals surface area contributed by atoms with E-state index >= 15 is 0 Å². The molecule has 0 amide bonds. The summed E-state index contributed by atoms with van der Waals surface area (Å²) >= 11 is 0. The highest BCUT2D eigenvalue weighted by Crippen LogP contribution is 2.48. The van der Waals surface area contributed by atoms with Gasteiger partial charge in [-0.05, 0) is 57.9 Å². The van der Waals surface area contributed by atoms with Gasteiger partial charge in [0, 0.05) is 6.54 Å². The molecule has 0 radical (unpaired) electrons. The molecule has 3 unspecified atom stereocenters. The summed E-state index contributed by atoms with van der Waals surface area (Å²) in [4.78, 5) is 13.2. The number of hydrogen-bond donors (Lipinski definition) is 1. The van der Waals surface area contributed by atoms with E-state index in [1.807, 2.05) is 11.9 Å². The van der Waals surface area contributed by atoms with E-state index in [0.717, 1.165) is 24.3 Å². The molecule has 2 aliphatic carbocycles. The highest BCUT2D eigenvalue weighted by atomic mass is 16.4. The number of aliphatic carboxylic acids is 1. The lowest BCUT2D eigenvalue weighted by atomic mass is 9.87. The summed E-state index contributed by atoms with van der Waals surface area (Å²) in [7, 11) is 1.94. The molecule has 92 valence electrons. The van der Waals surface area contributed by atoms with E-state index in [-0.39, 0.29) is 0 Å². The molecule has 0 aromatic rings. The van der Waals surface area contributed by atoms with E-state index in [1.54, 1.807) is 13.8 Å². The van der Waals surface area contributed by atoms with Gasteiger partial charge in [-0.2, -0.15) is 0 Å². The van der Waals surface area contributed by atoms with Crippen LogP contribution in [0.1, 0.15) is 39.5 Å². The second-order valence-corrected chi connectivity index (χ2v) is 6.18. The fourth-order valence-electron chi connectivity index (χ4n) is 3.34. The number of carboxylic acids is 1. The van der Waals surface area contributed by atoms with Crippen molar-refractivity contribution in [1.29, 1.82) is 0 Å². The molecular formula is C13H23NO2. The minimum absolute atomic E-state index is 0.724. The van der Waals surface area contributed by atoms with Gasteiger partial charge in [-0.15, -0.1) is 0 Å². The molecule has 2 bridgehead atoms. The molecule has 0 aromatic carbocycles. The third kappa shape index (κ3) is 1.97. The molecule has 3 heteroatoms. The molecular weight excluding hydrogens is 202 g/mol. The summed E-state index contributed by atoms with van der Waals surface area (Å²) in [5.41, 5.74) is -0.734. The van der Waals surface area contributed by atoms with Crippen LogP contribution in [0.3, 0.4) is 0 Å². The average molecular weight is 225 g/mol. The summed E-state index contributed by atoms with van der Waals surface area (Å²) in [5, 5.41) is 9.18. The number of likely N-dealkylation sites (N-methyl/N-ethyl adjacent to an activating group) is 1. The molecule has 3 nitrogen and oxygen atoms in total. The van der Waals surface area contributed by atoms with E-state index in [2.05, 4.69) is 0 Å². The maximum Gasteiger partial charge on any atom is 0.323 e. The first kappa shape index (κ1) is 11.9. The van der Waals surface area contributed by atoms with E-state index in [4.69, 9.17) is 0 Å². The van der Waals surface area contributed by atoms with Gasteiger partial charge in [0.1, 0.15) is 5.54 Å². The maximum atomic E-state index is 11.2. The number of carboxylic acid groups (broad SMARTS) is 1. The van der Waals surface area contributed by atoms with Gasteiger partial charge >= 0.3 is 5.97 Å². The molecule has 2 saturated carbocycles. The fourth-order valence-corrected chi connectivity index (χ4v) is 3.34. The molecule has 0 aliphatic heterocycles. The van der Waals surface area contributed by atoms with Crippen LogP contribution in [0.4, 0.5) is 0 Å². The predicted molar refractivity (Wildman–Crippen MR) is 63.3 cm³/mol. The number of rotatable bonds is 4. The third-order valence-corrected chi connectivity index (χ3v) is 4.87. The fraction of sp³-hybridized carbons (Fsp3) is 0.923. The van der Waals surface area contributed by atoms with Crippen molar-refractivity contribution in [2.75, 3.05) is 13.6 Å². The van der Waals surface area contributed by atoms with E-state index < -0.39 is 11.5 Å². The van der Waals surface area contributed by atoms with E-state index in [9.17, 15) is 9.90 Å². The van der Waals surface area contributed by atoms with Crippen LogP contribution in [-0.4, -0.2) is 35.1 Å². The highest BCUT2D eigenvalue weighted by molar-refractivity contribution is 5.77. The molecule has 0 spiro atoms. The summed E-state index contributed by atoms with van der Waals surface area (Å²) in [6.07, 6.45) is 5.50. The number of fused-ring (bicyclic) bond motifs is 2. The molecule has 1 N–H and O–H groups in total. The Morgan fingerprint density at radius 2 is 2.06 bits per heavy atom. The Bertz CT molecular complexity index is 288. The molecule has 0 aromatic heterocycles. The lowest BCUT2D eigenvalue weighted by Crippen LogP contribution is -2.50. The van der Waals surface area contributed by atoms with Crippen molar-refractivity contribution in [2.45, 2.75) is 45.1 Å². The van der Waals surface area contributed by atoms with E-state index in [1.165, 1.54) is 25.7 Å². The zero-order valence-corrected chi connectivity index (χ0v) is 10.6. The first-order valence-electron chi connectivity index (χ1n) is 6.36. The van der Waals surface area contributed by atoms with Crippen molar-refractivity contribution in [3.8, 4) is 0 Å². The zero-order chi connectivity index (χ0) is 11.9. The van der Waals surface area contributed by atoms with Crippen molar-refractivity contribution < 1.29 is 9.90 Å². The molecule has 2 rings (SSSR count). The Morgan fingerprint density at radius 3 is 2.50 bits per heavy atom. The lowest BCUT2D eigenvalue weighted by molar-refractivity contribution is -0.149. The normalized spacial score (nSPS) is 33.6. The SMILES string of the molecule is CN(CC1CC2CCC1C2)C(C)(C)C(=O)O. The summed E-state index contributed by atoms with van der Waals surface area (Å²) in [6, 6.07) is 0. The van der Waals surface area contributed by atoms with Crippen LogP contribution >= 0.6 is 0 Å². The number of hydrogen-bond acceptors (Lipinski definition) is 2. The first-order valence-corrected chi connectivity index (χ1v) is 6.36. The third-order valence-electron chi connectivity index (χ3n) is 4.87. The smallest absolute Gasteiger partial charge is 0.323 e. The molecule has 2 fully saturated rings. The Labute approximate surface area is 97.8 Å². The van der Waals surface area contributed by atoms with Crippen LogP contribution in [0.5, 0.6) is 0 Å². The van der Waals surface area contributed by atoms with Gasteiger partial charge < -0.3 is 5.11 Å². The second-order valence-electron chi connectivity index (χ2n) is 6.18. The quantitative estimate of drug-likeness (QED) is 0.797. The summed E-state index contributed by atoms with van der Waals surface area (Å²) in [6.45, 7) is 4.53. The molecule has 2 aliphatic rings. The maximum absolute atomic E-state index is 11.2. The van der Waals surface area contributed by atoms with Gasteiger partial charge in [0.05, 0.1) is 0 Å². The van der Waals surface area contributed by atoms with Crippen LogP contribution in [0.2, 0.25) is 0 Å². The minimum atomic E-state index is -0.734. The van der Waals surface area contributed by atoms with Gasteiger partial charge in [0.25, 0.3) is 0 Å². The predicted octanol–water partition coefficient (Wildman–Crippen LogP) is 2.22. The summed E-state index contributed by atoms with van der Waals surface area (Å²) < 4.78 is 0. The van der Waals surface area contributed by atoms with Crippen LogP contribution in [0.15, 0.2) is 0 Å². The van der Waals surface area contributed by atoms with Crippen molar-refractivity contribution in [2.24, 2.45) is 17.8 Å². The zero-order valence-electron chi connectivity index (χ0n) is 10.6. The molecule has 16 heavy (non-hydrogen) atoms. The van der Waals surface area contributed by atoms with Crippen molar-refractivity contribution in [1.82, 2.24) is 4.90 Å². The average Bonchev–Trinajstić information content (AvgIpc) is 2.78. The van der Waals surface area contributed by atoms with Crippen LogP contribution in [0, 0.1) is 17.8 Å². The highest BCUT2D eigenvalue weighted by Gasteiger charge is 2.42. The Kier molecular flexibility index (Phi) is 2.99. The van der Waals surface area contributed by atoms with Crippen LogP contribution in [-0.2, 0) is 4.79 Å². The topological polar surface area (TPSA) is 40.5 Å². The molecule has 0 saturated heterocycles. The van der Waals surface area contributed by atoms with Gasteiger partial charge in [-0.25, -0.2) is 0 Å². The number of carbonyl (C=O) groups is 1. The van der Waals surface area contributed by atoms with Crippen molar-refractivity contribution in [3.63, 3.8) is 0 Å². The number of nitrogens with zero attached hydrogens (tertiary/aromatic N) is 1. The van der Waals surface area contributed by atoms with Gasteiger partial charge in [-0.3, -0.25) is 9.69 Å². The molecule has 0 heterocycles. The van der Waals surface area contributed by atoms with Gasteiger partial charge in [0.15, 0.2) is 0 Å². The first-order chi connectivity index (χ1) is 7.41. The van der Waals surface area contributed by atoms with E-state index in [0.29, 0.717) is 0 Å². The van der Waals surface area contributed by atoms with Gasteiger partial charge in [0.2, 0.25) is 0 Å². The largest absolute Gasteiger partial charge is 0.480 e. The Balaban J connectivity index is 1.93. The standard InChI is InChI=1S/C13H23NO2/c1-13(2,12(15)16)14(3)8-11-7-9-4-5-10(11)6-9/h9-11H,4-8H2,1-3H3,(H,15,16).